The van der Waals surface area contributed by atoms with Gasteiger partial charge in [0.1, 0.15) is 11.2 Å². The Labute approximate surface area is 449 Å². The third-order valence-corrected chi connectivity index (χ3v) is 19.4. The Morgan fingerprint density at radius 1 is 0.429 bits per heavy atom. The summed E-state index contributed by atoms with van der Waals surface area (Å²) >= 11 is 0. The summed E-state index contributed by atoms with van der Waals surface area (Å²) in [4.78, 5) is 5.40. The Morgan fingerprint density at radius 2 is 1.01 bits per heavy atom. The zero-order chi connectivity index (χ0) is 51.5. The summed E-state index contributed by atoms with van der Waals surface area (Å²) in [6.07, 6.45) is 2.27. The monoisotopic (exact) mass is 989 g/mol. The highest BCUT2D eigenvalue weighted by Gasteiger charge is 2.54. The van der Waals surface area contributed by atoms with E-state index in [2.05, 4.69) is 262 Å². The summed E-state index contributed by atoms with van der Waals surface area (Å²) < 4.78 is 9.67. The molecule has 0 bridgehead atoms. The van der Waals surface area contributed by atoms with E-state index in [0.29, 0.717) is 0 Å². The smallest absolute Gasteiger partial charge is 0.333 e. The second-order valence-electron chi connectivity index (χ2n) is 24.6. The number of rotatable bonds is 3. The van der Waals surface area contributed by atoms with Gasteiger partial charge in [-0.15, -0.1) is 0 Å². The van der Waals surface area contributed by atoms with Gasteiger partial charge in [0.15, 0.2) is 0 Å². The van der Waals surface area contributed by atoms with E-state index < -0.39 is 5.41 Å². The maximum Gasteiger partial charge on any atom is 0.333 e. The fourth-order valence-corrected chi connectivity index (χ4v) is 15.8. The molecule has 368 valence electrons. The molecule has 0 spiro atoms. The standard InChI is InChI=1S/C72H56BN3O/c1-69(2)36-37-70(3,4)55-41-60-49(38-54(55)69)65-62(74-57-32-17-14-28-50(57)71(5,6)51-29-15-18-33-58(51)74)40-48-46-27-21-31-53-67(46)76(59-34-19-16-30-52(59)72(53,43-22-9-7-10-23-43)44-24-11-8-12-25-44)73-56-42-64-47(45-26-13-20-35-63(45)77-64)39-61(56)75(60)68(65)66(48)73/h7-35,38-42H,36-37H2,1-6H3. The lowest BCUT2D eigenvalue weighted by atomic mass is 9.42. The first-order valence-corrected chi connectivity index (χ1v) is 27.8. The highest BCUT2D eigenvalue weighted by molar-refractivity contribution is 6.94. The lowest BCUT2D eigenvalue weighted by Gasteiger charge is -2.52. The summed E-state index contributed by atoms with van der Waals surface area (Å²) in [5.41, 5.74) is 26.6. The molecule has 17 rings (SSSR count). The highest BCUT2D eigenvalue weighted by atomic mass is 16.3. The van der Waals surface area contributed by atoms with Crippen LogP contribution in [0.15, 0.2) is 211 Å². The summed E-state index contributed by atoms with van der Waals surface area (Å²) in [6, 6.07) is 78.9. The van der Waals surface area contributed by atoms with Crippen molar-refractivity contribution in [2.75, 3.05) is 9.71 Å². The maximum absolute atomic E-state index is 6.96. The van der Waals surface area contributed by atoms with Crippen molar-refractivity contribution in [2.24, 2.45) is 0 Å². The van der Waals surface area contributed by atoms with Crippen molar-refractivity contribution < 1.29 is 4.42 Å². The van der Waals surface area contributed by atoms with E-state index in [4.69, 9.17) is 4.42 Å². The van der Waals surface area contributed by atoms with E-state index >= 15 is 0 Å². The Hall–Kier alpha value is -8.54. The van der Waals surface area contributed by atoms with Crippen LogP contribution in [0, 0.1) is 0 Å². The van der Waals surface area contributed by atoms with Crippen molar-refractivity contribution in [3.05, 3.63) is 251 Å². The normalized spacial score (nSPS) is 17.2. The predicted octanol–water partition coefficient (Wildman–Crippen LogP) is 17.1. The van der Waals surface area contributed by atoms with Crippen molar-refractivity contribution >= 4 is 90.0 Å². The quantitative estimate of drug-likeness (QED) is 0.165. The molecule has 0 saturated heterocycles. The van der Waals surface area contributed by atoms with Crippen LogP contribution in [0.1, 0.15) is 98.9 Å². The molecule has 0 saturated carbocycles. The zero-order valence-corrected chi connectivity index (χ0v) is 44.4. The molecule has 10 aromatic carbocycles. The fraction of sp³-hybridized carbons (Fsp3) is 0.167. The van der Waals surface area contributed by atoms with E-state index in [0.717, 1.165) is 34.8 Å². The molecule has 4 nitrogen and oxygen atoms in total. The predicted molar refractivity (Wildman–Crippen MR) is 321 cm³/mol. The molecule has 6 heterocycles. The highest BCUT2D eigenvalue weighted by Crippen LogP contribution is 2.62. The van der Waals surface area contributed by atoms with Gasteiger partial charge in [-0.05, 0) is 139 Å². The van der Waals surface area contributed by atoms with Crippen LogP contribution < -0.4 is 20.6 Å². The van der Waals surface area contributed by atoms with Gasteiger partial charge in [0.25, 0.3) is 0 Å². The number of furan rings is 1. The molecule has 5 aliphatic rings. The number of nitrogens with zero attached hydrogens (tertiary/aromatic N) is 3. The van der Waals surface area contributed by atoms with E-state index in [1.807, 2.05) is 0 Å². The molecule has 12 aromatic rings. The maximum atomic E-state index is 6.96. The largest absolute Gasteiger partial charge is 0.456 e. The Morgan fingerprint density at radius 3 is 1.70 bits per heavy atom. The first kappa shape index (κ1) is 43.7. The molecule has 0 atom stereocenters. The molecular weight excluding hydrogens is 934 g/mol. The van der Waals surface area contributed by atoms with E-state index in [9.17, 15) is 0 Å². The molecule has 0 unspecified atom stereocenters. The van der Waals surface area contributed by atoms with Crippen LogP contribution >= 0.6 is 0 Å². The molecule has 0 radical (unpaired) electrons. The molecule has 1 aliphatic carbocycles. The molecule has 2 aromatic heterocycles. The van der Waals surface area contributed by atoms with Gasteiger partial charge >= 0.3 is 6.85 Å². The summed E-state index contributed by atoms with van der Waals surface area (Å²) in [5, 5.41) is 4.87. The van der Waals surface area contributed by atoms with Gasteiger partial charge in [-0.25, -0.2) is 0 Å². The average Bonchev–Trinajstić information content (AvgIpc) is 4.20. The fourth-order valence-electron chi connectivity index (χ4n) is 15.8. The molecule has 77 heavy (non-hydrogen) atoms. The summed E-state index contributed by atoms with van der Waals surface area (Å²) in [5.74, 6) is 0. The Bertz CT molecular complexity index is 4490. The number of aromatic nitrogens is 1. The van der Waals surface area contributed by atoms with Crippen molar-refractivity contribution in [3.63, 3.8) is 0 Å². The van der Waals surface area contributed by atoms with Crippen molar-refractivity contribution in [2.45, 2.75) is 76.0 Å². The van der Waals surface area contributed by atoms with Gasteiger partial charge in [-0.1, -0.05) is 193 Å². The van der Waals surface area contributed by atoms with Crippen LogP contribution in [-0.4, -0.2) is 11.4 Å². The SMILES string of the molecule is CC1(C)CCC(C)(C)c2cc3c(cc21)c1c(N2c4ccccc4C(C)(C)c4ccccc42)cc2c4c1n3-c1cc3c(cc1B4N1c4ccccc4C(c4ccccc4)(c4ccccc4)c4cccc-2c41)oc1ccccc13. The van der Waals surface area contributed by atoms with E-state index in [1.54, 1.807) is 0 Å². The lowest BCUT2D eigenvalue weighted by Crippen LogP contribution is -2.62. The van der Waals surface area contributed by atoms with Crippen molar-refractivity contribution in [1.29, 1.82) is 0 Å². The van der Waals surface area contributed by atoms with E-state index in [-0.39, 0.29) is 23.1 Å². The first-order valence-electron chi connectivity index (χ1n) is 27.8. The van der Waals surface area contributed by atoms with Crippen LogP contribution in [0.2, 0.25) is 0 Å². The van der Waals surface area contributed by atoms with E-state index in [1.165, 1.54) is 122 Å². The van der Waals surface area contributed by atoms with Crippen LogP contribution in [0.5, 0.6) is 0 Å². The van der Waals surface area contributed by atoms with Crippen molar-refractivity contribution in [3.8, 4) is 16.8 Å². The second kappa shape index (κ2) is 14.7. The van der Waals surface area contributed by atoms with Gasteiger partial charge in [-0.2, -0.15) is 0 Å². The Kier molecular flexibility index (Phi) is 8.33. The minimum Gasteiger partial charge on any atom is -0.456 e. The van der Waals surface area contributed by atoms with Crippen LogP contribution in [0.3, 0.4) is 0 Å². The van der Waals surface area contributed by atoms with Crippen LogP contribution in [0.25, 0.3) is 60.6 Å². The first-order chi connectivity index (χ1) is 37.5. The van der Waals surface area contributed by atoms with Gasteiger partial charge in [0.05, 0.1) is 33.5 Å². The minimum atomic E-state index is -0.629. The number of hydrogen-bond acceptors (Lipinski definition) is 3. The minimum absolute atomic E-state index is 0.00400. The molecule has 0 amide bonds. The van der Waals surface area contributed by atoms with Gasteiger partial charge in [0, 0.05) is 49.6 Å². The Balaban J connectivity index is 1.11. The molecular formula is C72H56BN3O. The number of anilines is 5. The number of para-hydroxylation sites is 5. The number of benzene rings is 10. The van der Waals surface area contributed by atoms with Crippen LogP contribution in [-0.2, 0) is 21.7 Å². The topological polar surface area (TPSA) is 24.6 Å². The third-order valence-electron chi connectivity index (χ3n) is 19.4. The average molecular weight is 990 g/mol. The van der Waals surface area contributed by atoms with Crippen molar-refractivity contribution in [1.82, 2.24) is 4.57 Å². The third kappa shape index (κ3) is 5.35. The summed E-state index contributed by atoms with van der Waals surface area (Å²) in [7, 11) is 0. The molecule has 5 heteroatoms. The summed E-state index contributed by atoms with van der Waals surface area (Å²) in [6.45, 7) is 14.5. The lowest BCUT2D eigenvalue weighted by molar-refractivity contribution is 0.332. The molecule has 4 aliphatic heterocycles. The van der Waals surface area contributed by atoms with Gasteiger partial charge in [0.2, 0.25) is 0 Å². The number of hydrogen-bond donors (Lipinski definition) is 0. The van der Waals surface area contributed by atoms with Crippen LogP contribution in [0.4, 0.5) is 28.4 Å². The van der Waals surface area contributed by atoms with Gasteiger partial charge in [-0.3, -0.25) is 0 Å². The molecule has 0 fully saturated rings. The van der Waals surface area contributed by atoms with Gasteiger partial charge < -0.3 is 18.7 Å². The molecule has 0 N–H and O–H groups in total. The second-order valence-corrected chi connectivity index (χ2v) is 24.6. The number of fused-ring (bicyclic) bond motifs is 16. The zero-order valence-electron chi connectivity index (χ0n) is 44.4.